The first-order valence-corrected chi connectivity index (χ1v) is 11.0. The van der Waals surface area contributed by atoms with Gasteiger partial charge in [-0.3, -0.25) is 14.2 Å². The number of hydrogen-bond donors (Lipinski definition) is 1. The van der Waals surface area contributed by atoms with Crippen molar-refractivity contribution in [3.63, 3.8) is 0 Å². The molecule has 0 aliphatic heterocycles. The molecule has 9 heteroatoms. The van der Waals surface area contributed by atoms with Crippen molar-refractivity contribution in [2.45, 2.75) is 30.3 Å². The SMILES string of the molecule is COCCCn1c(S[C@@H](C)C(=O)Nc2cc(Cl)ccc2Cl)nc2ccccc2c1=O. The topological polar surface area (TPSA) is 73.2 Å². The third-order valence-corrected chi connectivity index (χ3v) is 6.05. The number of anilines is 1. The van der Waals surface area contributed by atoms with Gasteiger partial charge in [-0.2, -0.15) is 0 Å². The van der Waals surface area contributed by atoms with Gasteiger partial charge in [-0.1, -0.05) is 47.1 Å². The molecule has 30 heavy (non-hydrogen) atoms. The molecule has 1 N–H and O–H groups in total. The van der Waals surface area contributed by atoms with Crippen molar-refractivity contribution in [3.05, 3.63) is 62.9 Å². The summed E-state index contributed by atoms with van der Waals surface area (Å²) in [6.45, 7) is 2.72. The molecule has 158 valence electrons. The van der Waals surface area contributed by atoms with Gasteiger partial charge in [-0.15, -0.1) is 0 Å². The average molecular weight is 466 g/mol. The number of nitrogens with one attached hydrogen (secondary N) is 1. The minimum Gasteiger partial charge on any atom is -0.385 e. The number of benzene rings is 2. The van der Waals surface area contributed by atoms with Crippen molar-refractivity contribution < 1.29 is 9.53 Å². The molecule has 1 atom stereocenters. The van der Waals surface area contributed by atoms with Gasteiger partial charge in [0.25, 0.3) is 5.56 Å². The van der Waals surface area contributed by atoms with Crippen LogP contribution in [0.2, 0.25) is 10.0 Å². The Morgan fingerprint density at radius 1 is 1.27 bits per heavy atom. The molecule has 0 radical (unpaired) electrons. The van der Waals surface area contributed by atoms with Crippen molar-refractivity contribution >= 4 is 57.5 Å². The van der Waals surface area contributed by atoms with Crippen LogP contribution in [-0.4, -0.2) is 34.4 Å². The van der Waals surface area contributed by atoms with Gasteiger partial charge < -0.3 is 10.1 Å². The average Bonchev–Trinajstić information content (AvgIpc) is 2.73. The van der Waals surface area contributed by atoms with E-state index in [1.165, 1.54) is 11.8 Å². The maximum absolute atomic E-state index is 13.0. The number of methoxy groups -OCH3 is 1. The van der Waals surface area contributed by atoms with Crippen LogP contribution in [0.15, 0.2) is 52.4 Å². The van der Waals surface area contributed by atoms with E-state index in [1.54, 1.807) is 48.9 Å². The van der Waals surface area contributed by atoms with Crippen molar-refractivity contribution in [2.24, 2.45) is 0 Å². The molecule has 0 aliphatic rings. The Morgan fingerprint density at radius 2 is 2.03 bits per heavy atom. The Labute approximate surface area is 188 Å². The molecular formula is C21H21Cl2N3O3S. The highest BCUT2D eigenvalue weighted by atomic mass is 35.5. The predicted molar refractivity (Wildman–Crippen MR) is 123 cm³/mol. The summed E-state index contributed by atoms with van der Waals surface area (Å²) >= 11 is 13.3. The van der Waals surface area contributed by atoms with E-state index in [-0.39, 0.29) is 11.5 Å². The first-order chi connectivity index (χ1) is 14.4. The fourth-order valence-electron chi connectivity index (χ4n) is 2.84. The van der Waals surface area contributed by atoms with E-state index >= 15 is 0 Å². The molecule has 1 heterocycles. The minimum atomic E-state index is -0.526. The summed E-state index contributed by atoms with van der Waals surface area (Å²) in [4.78, 5) is 30.4. The van der Waals surface area contributed by atoms with Gasteiger partial charge in [0.1, 0.15) is 0 Å². The molecule has 3 aromatic rings. The summed E-state index contributed by atoms with van der Waals surface area (Å²) in [6.07, 6.45) is 0.655. The van der Waals surface area contributed by atoms with E-state index in [0.29, 0.717) is 51.4 Å². The standard InChI is InChI=1S/C21H21Cl2N3O3S/c1-13(19(27)24-18-12-14(22)8-9-16(18)23)30-21-25-17-7-4-3-6-15(17)20(28)26(21)10-5-11-29-2/h3-4,6-9,12-13H,5,10-11H2,1-2H3,(H,24,27)/t13-/m0/s1. The Balaban J connectivity index is 1.87. The summed E-state index contributed by atoms with van der Waals surface area (Å²) in [6, 6.07) is 12.0. The number of hydrogen-bond acceptors (Lipinski definition) is 5. The first kappa shape index (κ1) is 22.6. The van der Waals surface area contributed by atoms with E-state index in [1.807, 2.05) is 12.1 Å². The van der Waals surface area contributed by atoms with Crippen LogP contribution in [0.4, 0.5) is 5.69 Å². The molecule has 0 bridgehead atoms. The van der Waals surface area contributed by atoms with Crippen LogP contribution >= 0.6 is 35.0 Å². The lowest BCUT2D eigenvalue weighted by Gasteiger charge is -2.17. The molecule has 2 aromatic carbocycles. The van der Waals surface area contributed by atoms with Crippen LogP contribution < -0.4 is 10.9 Å². The number of para-hydroxylation sites is 1. The summed E-state index contributed by atoms with van der Waals surface area (Å²) in [5.41, 5.74) is 0.897. The lowest BCUT2D eigenvalue weighted by atomic mass is 10.2. The van der Waals surface area contributed by atoms with Crippen molar-refractivity contribution in [1.29, 1.82) is 0 Å². The number of carbonyl (C=O) groups excluding carboxylic acids is 1. The second-order valence-corrected chi connectivity index (χ2v) is 8.74. The molecule has 0 spiro atoms. The highest BCUT2D eigenvalue weighted by molar-refractivity contribution is 8.00. The number of aromatic nitrogens is 2. The van der Waals surface area contributed by atoms with Crippen molar-refractivity contribution in [3.8, 4) is 0 Å². The highest BCUT2D eigenvalue weighted by Gasteiger charge is 2.20. The monoisotopic (exact) mass is 465 g/mol. The largest absolute Gasteiger partial charge is 0.385 e. The predicted octanol–water partition coefficient (Wildman–Crippen LogP) is 4.86. The Kier molecular flexibility index (Phi) is 7.77. The molecular weight excluding hydrogens is 445 g/mol. The van der Waals surface area contributed by atoms with Gasteiger partial charge in [0.05, 0.1) is 26.9 Å². The van der Waals surface area contributed by atoms with Crippen LogP contribution in [0.1, 0.15) is 13.3 Å². The summed E-state index contributed by atoms with van der Waals surface area (Å²) in [5.74, 6) is -0.269. The lowest BCUT2D eigenvalue weighted by Crippen LogP contribution is -2.27. The number of carbonyl (C=O) groups is 1. The molecule has 0 aliphatic carbocycles. The molecule has 1 amide bonds. The number of nitrogens with zero attached hydrogens (tertiary/aromatic N) is 2. The van der Waals surface area contributed by atoms with Gasteiger partial charge in [0.15, 0.2) is 5.16 Å². The fourth-order valence-corrected chi connectivity index (χ4v) is 4.11. The van der Waals surface area contributed by atoms with Crippen molar-refractivity contribution in [1.82, 2.24) is 9.55 Å². The Bertz CT molecular complexity index is 1120. The number of ether oxygens (including phenoxy) is 1. The maximum Gasteiger partial charge on any atom is 0.262 e. The summed E-state index contributed by atoms with van der Waals surface area (Å²) < 4.78 is 6.71. The van der Waals surface area contributed by atoms with E-state index in [2.05, 4.69) is 10.3 Å². The Hall–Kier alpha value is -2.06. The zero-order valence-electron chi connectivity index (χ0n) is 16.5. The first-order valence-electron chi connectivity index (χ1n) is 9.32. The van der Waals surface area contributed by atoms with Gasteiger partial charge in [-0.25, -0.2) is 4.98 Å². The smallest absolute Gasteiger partial charge is 0.262 e. The summed E-state index contributed by atoms with van der Waals surface area (Å²) in [7, 11) is 1.62. The molecule has 1 aromatic heterocycles. The molecule has 0 fully saturated rings. The third kappa shape index (κ3) is 5.35. The molecule has 6 nitrogen and oxygen atoms in total. The van der Waals surface area contributed by atoms with Gasteiger partial charge in [-0.05, 0) is 43.7 Å². The van der Waals surface area contributed by atoms with Crippen molar-refractivity contribution in [2.75, 3.05) is 19.0 Å². The number of halogens is 2. The second kappa shape index (κ2) is 10.3. The van der Waals surface area contributed by atoms with Crippen LogP contribution in [0.25, 0.3) is 10.9 Å². The molecule has 0 unspecified atom stereocenters. The zero-order chi connectivity index (χ0) is 21.7. The molecule has 0 saturated heterocycles. The minimum absolute atomic E-state index is 0.135. The van der Waals surface area contributed by atoms with Gasteiger partial charge >= 0.3 is 0 Å². The number of thioether (sulfide) groups is 1. The van der Waals surface area contributed by atoms with Crippen LogP contribution in [0.3, 0.4) is 0 Å². The van der Waals surface area contributed by atoms with E-state index in [9.17, 15) is 9.59 Å². The number of rotatable bonds is 8. The number of fused-ring (bicyclic) bond motifs is 1. The number of amides is 1. The Morgan fingerprint density at radius 3 is 2.80 bits per heavy atom. The summed E-state index contributed by atoms with van der Waals surface area (Å²) in [5, 5.41) is 4.15. The van der Waals surface area contributed by atoms with Crippen LogP contribution in [0, 0.1) is 0 Å². The third-order valence-electron chi connectivity index (χ3n) is 4.39. The fraction of sp³-hybridized carbons (Fsp3) is 0.286. The normalized spacial score (nSPS) is 12.1. The second-order valence-electron chi connectivity index (χ2n) is 6.59. The van der Waals surface area contributed by atoms with Crippen LogP contribution in [0.5, 0.6) is 0 Å². The van der Waals surface area contributed by atoms with E-state index < -0.39 is 5.25 Å². The van der Waals surface area contributed by atoms with Crippen LogP contribution in [-0.2, 0) is 16.1 Å². The van der Waals surface area contributed by atoms with E-state index in [4.69, 9.17) is 27.9 Å². The van der Waals surface area contributed by atoms with Gasteiger partial charge in [0, 0.05) is 25.3 Å². The zero-order valence-corrected chi connectivity index (χ0v) is 18.9. The quantitative estimate of drug-likeness (QED) is 0.292. The molecule has 0 saturated carbocycles. The maximum atomic E-state index is 13.0. The van der Waals surface area contributed by atoms with E-state index in [0.717, 1.165) is 0 Å². The van der Waals surface area contributed by atoms with Gasteiger partial charge in [0.2, 0.25) is 5.91 Å². The molecule has 3 rings (SSSR count). The highest BCUT2D eigenvalue weighted by Crippen LogP contribution is 2.28. The lowest BCUT2D eigenvalue weighted by molar-refractivity contribution is -0.115.